The Morgan fingerprint density at radius 1 is 1.30 bits per heavy atom. The van der Waals surface area contributed by atoms with Crippen molar-refractivity contribution in [2.24, 2.45) is 22.4 Å². The number of hydrogen-bond donors (Lipinski definition) is 3. The second kappa shape index (κ2) is 12.2. The molecule has 5 N–H and O–H groups in total. The average molecular weight is 363 g/mol. The summed E-state index contributed by atoms with van der Waals surface area (Å²) in [7, 11) is 0. The second-order valence-corrected chi connectivity index (χ2v) is 5.41. The number of halogens is 2. The lowest BCUT2D eigenvalue weighted by Gasteiger charge is -2.17. The summed E-state index contributed by atoms with van der Waals surface area (Å²) in [5.74, 6) is 0.636. The zero-order chi connectivity index (χ0) is 15.8. The molecule has 0 spiro atoms. The molecule has 5 nitrogen and oxygen atoms in total. The fraction of sp³-hybridized carbons (Fsp3) is 0.500. The van der Waals surface area contributed by atoms with Gasteiger partial charge in [0.1, 0.15) is 0 Å². The predicted octanol–water partition coefficient (Wildman–Crippen LogP) is 2.40. The first kappa shape index (κ1) is 24.0. The molecule has 1 aromatic rings. The van der Waals surface area contributed by atoms with Gasteiger partial charge >= 0.3 is 0 Å². The molecule has 0 aromatic heterocycles. The fourth-order valence-corrected chi connectivity index (χ4v) is 1.87. The number of amidine groups is 1. The van der Waals surface area contributed by atoms with Crippen molar-refractivity contribution < 1.29 is 4.79 Å². The van der Waals surface area contributed by atoms with E-state index in [0.29, 0.717) is 18.9 Å². The molecule has 2 atom stereocenters. The van der Waals surface area contributed by atoms with Crippen molar-refractivity contribution >= 4 is 36.6 Å². The highest BCUT2D eigenvalue weighted by Gasteiger charge is 2.18. The number of amides is 1. The average Bonchev–Trinajstić information content (AvgIpc) is 2.49. The van der Waals surface area contributed by atoms with Crippen molar-refractivity contribution in [1.29, 1.82) is 0 Å². The molecule has 1 amide bonds. The van der Waals surface area contributed by atoms with E-state index < -0.39 is 6.04 Å². The number of rotatable bonds is 7. The van der Waals surface area contributed by atoms with Crippen LogP contribution in [0.2, 0.25) is 0 Å². The summed E-state index contributed by atoms with van der Waals surface area (Å²) in [4.78, 5) is 16.1. The molecule has 0 fully saturated rings. The topological polar surface area (TPSA) is 93.5 Å². The van der Waals surface area contributed by atoms with Crippen LogP contribution in [-0.4, -0.2) is 17.8 Å². The number of benzene rings is 1. The van der Waals surface area contributed by atoms with Crippen LogP contribution in [0.5, 0.6) is 0 Å². The van der Waals surface area contributed by atoms with Crippen molar-refractivity contribution in [3.05, 3.63) is 35.4 Å². The van der Waals surface area contributed by atoms with Gasteiger partial charge in [-0.2, -0.15) is 0 Å². The van der Waals surface area contributed by atoms with Gasteiger partial charge in [-0.25, -0.2) is 0 Å². The highest BCUT2D eigenvalue weighted by molar-refractivity contribution is 5.85. The van der Waals surface area contributed by atoms with Crippen LogP contribution in [0.15, 0.2) is 29.3 Å². The first-order valence-electron chi connectivity index (χ1n) is 7.31. The third-order valence-corrected chi connectivity index (χ3v) is 3.53. The maximum atomic E-state index is 11.9. The minimum Gasteiger partial charge on any atom is -0.388 e. The molecule has 1 rings (SSSR count). The standard InChI is InChI=1S/C16H26N4O.2ClH/c1-4-11(2)15(18)16(21)20-10-14-7-5-6-13(8-14)9-19-12(3)17;;/h5-8,11,15H,4,9-10,18H2,1-3H3,(H2,17,19)(H,20,21);2*1H/t11-,15-;;/m0../s1. The molecule has 23 heavy (non-hydrogen) atoms. The number of hydrogen-bond acceptors (Lipinski definition) is 3. The number of nitrogens with zero attached hydrogens (tertiary/aromatic N) is 1. The molecule has 1 aromatic carbocycles. The third kappa shape index (κ3) is 8.79. The normalized spacial score (nSPS) is 13.3. The van der Waals surface area contributed by atoms with Crippen LogP contribution in [0, 0.1) is 5.92 Å². The van der Waals surface area contributed by atoms with Gasteiger partial charge < -0.3 is 16.8 Å². The number of carbonyl (C=O) groups is 1. The lowest BCUT2D eigenvalue weighted by molar-refractivity contribution is -0.123. The molecule has 0 heterocycles. The van der Waals surface area contributed by atoms with Gasteiger partial charge in [0.25, 0.3) is 0 Å². The Kier molecular flexibility index (Phi) is 12.7. The highest BCUT2D eigenvalue weighted by atomic mass is 35.5. The predicted molar refractivity (Wildman–Crippen MR) is 101 cm³/mol. The Morgan fingerprint density at radius 3 is 2.48 bits per heavy atom. The van der Waals surface area contributed by atoms with Crippen molar-refractivity contribution in [2.75, 3.05) is 0 Å². The Morgan fingerprint density at radius 2 is 1.91 bits per heavy atom. The van der Waals surface area contributed by atoms with Gasteiger partial charge in [-0.05, 0) is 24.0 Å². The van der Waals surface area contributed by atoms with Crippen LogP contribution < -0.4 is 16.8 Å². The molecule has 0 aliphatic rings. The molecular weight excluding hydrogens is 335 g/mol. The fourth-order valence-electron chi connectivity index (χ4n) is 1.87. The molecule has 7 heteroatoms. The highest BCUT2D eigenvalue weighted by Crippen LogP contribution is 2.08. The first-order valence-corrected chi connectivity index (χ1v) is 7.31. The summed E-state index contributed by atoms with van der Waals surface area (Å²) in [5.41, 5.74) is 13.5. The maximum absolute atomic E-state index is 11.9. The van der Waals surface area contributed by atoms with Crippen molar-refractivity contribution in [3.63, 3.8) is 0 Å². The van der Waals surface area contributed by atoms with Crippen LogP contribution in [-0.2, 0) is 17.9 Å². The Hall–Kier alpha value is -1.30. The van der Waals surface area contributed by atoms with Crippen LogP contribution in [0.3, 0.4) is 0 Å². The van der Waals surface area contributed by atoms with Gasteiger partial charge in [0.2, 0.25) is 5.91 Å². The van der Waals surface area contributed by atoms with E-state index >= 15 is 0 Å². The van der Waals surface area contributed by atoms with Crippen LogP contribution in [0.1, 0.15) is 38.3 Å². The van der Waals surface area contributed by atoms with Gasteiger partial charge in [0.15, 0.2) is 0 Å². The van der Waals surface area contributed by atoms with Gasteiger partial charge in [-0.1, -0.05) is 44.5 Å². The van der Waals surface area contributed by atoms with Crippen molar-refractivity contribution in [1.82, 2.24) is 5.32 Å². The summed E-state index contributed by atoms with van der Waals surface area (Å²) in [6.07, 6.45) is 0.889. The molecule has 132 valence electrons. The van der Waals surface area contributed by atoms with E-state index in [2.05, 4.69) is 10.3 Å². The molecule has 0 aliphatic carbocycles. The zero-order valence-electron chi connectivity index (χ0n) is 13.9. The van der Waals surface area contributed by atoms with Gasteiger partial charge in [0, 0.05) is 6.54 Å². The SMILES string of the molecule is CC[C@H](C)[C@H](N)C(=O)NCc1cccc(CN=C(C)N)c1.Cl.Cl. The monoisotopic (exact) mass is 362 g/mol. The summed E-state index contributed by atoms with van der Waals surface area (Å²) in [6.45, 7) is 6.80. The molecule has 0 radical (unpaired) electrons. The van der Waals surface area contributed by atoms with Gasteiger partial charge in [-0.3, -0.25) is 9.79 Å². The van der Waals surface area contributed by atoms with Gasteiger partial charge in [0.05, 0.1) is 18.4 Å². The number of carbonyl (C=O) groups excluding carboxylic acids is 1. The molecule has 0 aliphatic heterocycles. The van der Waals surface area contributed by atoms with Crippen molar-refractivity contribution in [3.8, 4) is 0 Å². The lowest BCUT2D eigenvalue weighted by atomic mass is 9.99. The molecular formula is C16H28Cl2N4O. The smallest absolute Gasteiger partial charge is 0.237 e. The third-order valence-electron chi connectivity index (χ3n) is 3.53. The van der Waals surface area contributed by atoms with Crippen LogP contribution in [0.4, 0.5) is 0 Å². The lowest BCUT2D eigenvalue weighted by Crippen LogP contribution is -2.44. The number of nitrogens with two attached hydrogens (primary N) is 2. The first-order chi connectivity index (χ1) is 9.93. The Balaban J connectivity index is 0. The van der Waals surface area contributed by atoms with Gasteiger partial charge in [-0.15, -0.1) is 24.8 Å². The van der Waals surface area contributed by atoms with E-state index in [1.165, 1.54) is 0 Å². The van der Waals surface area contributed by atoms with E-state index in [4.69, 9.17) is 11.5 Å². The van der Waals surface area contributed by atoms with E-state index in [9.17, 15) is 4.79 Å². The minimum absolute atomic E-state index is 0. The largest absolute Gasteiger partial charge is 0.388 e. The molecule has 0 bridgehead atoms. The molecule has 0 saturated heterocycles. The Labute approximate surface area is 151 Å². The second-order valence-electron chi connectivity index (χ2n) is 5.41. The summed E-state index contributed by atoms with van der Waals surface area (Å²) in [6, 6.07) is 7.47. The summed E-state index contributed by atoms with van der Waals surface area (Å²) >= 11 is 0. The van der Waals surface area contributed by atoms with E-state index in [0.717, 1.165) is 17.5 Å². The van der Waals surface area contributed by atoms with E-state index in [1.807, 2.05) is 38.1 Å². The summed E-state index contributed by atoms with van der Waals surface area (Å²) in [5, 5.41) is 2.88. The van der Waals surface area contributed by atoms with Crippen LogP contribution in [0.25, 0.3) is 0 Å². The van der Waals surface area contributed by atoms with Crippen LogP contribution >= 0.6 is 24.8 Å². The number of nitrogens with one attached hydrogen (secondary N) is 1. The van der Waals surface area contributed by atoms with E-state index in [-0.39, 0.29) is 36.6 Å². The number of aliphatic imine (C=N–C) groups is 1. The minimum atomic E-state index is -0.456. The quantitative estimate of drug-likeness (QED) is 0.513. The Bertz CT molecular complexity index is 505. The maximum Gasteiger partial charge on any atom is 0.237 e. The van der Waals surface area contributed by atoms with E-state index in [1.54, 1.807) is 6.92 Å². The zero-order valence-corrected chi connectivity index (χ0v) is 15.5. The van der Waals surface area contributed by atoms with Crippen molar-refractivity contribution in [2.45, 2.75) is 46.3 Å². The summed E-state index contributed by atoms with van der Waals surface area (Å²) < 4.78 is 0. The molecule has 0 unspecified atom stereocenters. The molecule has 0 saturated carbocycles.